The zero-order valence-corrected chi connectivity index (χ0v) is 17.4. The van der Waals surface area contributed by atoms with Gasteiger partial charge in [-0.1, -0.05) is 66.2 Å². The van der Waals surface area contributed by atoms with Gasteiger partial charge >= 0.3 is 6.18 Å². The van der Waals surface area contributed by atoms with Gasteiger partial charge in [-0.25, -0.2) is 0 Å². The van der Waals surface area contributed by atoms with Gasteiger partial charge in [0.1, 0.15) is 0 Å². The number of nitrogens with zero attached hydrogens (tertiary/aromatic N) is 2. The molecule has 0 bridgehead atoms. The molecule has 158 valence electrons. The standard InChI is InChI=1S/C25H20ClF3N2/c1-2-15-31-24(18-9-13-20(26)14-10-18)16-23(30-31)22-6-4-3-5-21(22)17-7-11-19(12-8-17)25(27,28)29/h2-14,24H,1,15-16H2. The molecule has 6 heteroatoms. The highest BCUT2D eigenvalue weighted by atomic mass is 35.5. The van der Waals surface area contributed by atoms with Gasteiger partial charge in [-0.15, -0.1) is 6.58 Å². The van der Waals surface area contributed by atoms with Crippen molar-refractivity contribution in [3.8, 4) is 11.1 Å². The second-order valence-corrected chi connectivity index (χ2v) is 7.79. The molecule has 0 radical (unpaired) electrons. The fourth-order valence-corrected chi connectivity index (χ4v) is 3.94. The monoisotopic (exact) mass is 440 g/mol. The van der Waals surface area contributed by atoms with Crippen LogP contribution in [0.15, 0.2) is 90.6 Å². The molecule has 0 fully saturated rings. The van der Waals surface area contributed by atoms with Crippen LogP contribution in [0.3, 0.4) is 0 Å². The van der Waals surface area contributed by atoms with E-state index in [1.54, 1.807) is 6.08 Å². The minimum absolute atomic E-state index is 0.0333. The molecular weight excluding hydrogens is 421 g/mol. The predicted octanol–water partition coefficient (Wildman–Crippen LogP) is 7.36. The van der Waals surface area contributed by atoms with E-state index < -0.39 is 11.7 Å². The van der Waals surface area contributed by atoms with E-state index in [9.17, 15) is 13.2 Å². The van der Waals surface area contributed by atoms with E-state index in [0.29, 0.717) is 18.0 Å². The number of rotatable bonds is 5. The number of hydrazone groups is 1. The van der Waals surface area contributed by atoms with Crippen LogP contribution < -0.4 is 0 Å². The van der Waals surface area contributed by atoms with Gasteiger partial charge in [0, 0.05) is 17.0 Å². The third kappa shape index (κ3) is 4.52. The van der Waals surface area contributed by atoms with Gasteiger partial charge in [0.15, 0.2) is 0 Å². The van der Waals surface area contributed by atoms with Gasteiger partial charge in [-0.2, -0.15) is 18.3 Å². The third-order valence-electron chi connectivity index (χ3n) is 5.33. The summed E-state index contributed by atoms with van der Waals surface area (Å²) in [6.07, 6.45) is -1.88. The first kappa shape index (κ1) is 21.2. The van der Waals surface area contributed by atoms with E-state index in [2.05, 4.69) is 6.58 Å². The molecule has 3 aromatic carbocycles. The van der Waals surface area contributed by atoms with E-state index >= 15 is 0 Å². The first-order valence-corrected chi connectivity index (χ1v) is 10.2. The average Bonchev–Trinajstić information content (AvgIpc) is 3.18. The van der Waals surface area contributed by atoms with Crippen LogP contribution in [0.5, 0.6) is 0 Å². The van der Waals surface area contributed by atoms with Gasteiger partial charge in [0.05, 0.1) is 23.9 Å². The van der Waals surface area contributed by atoms with Crippen molar-refractivity contribution in [3.05, 3.63) is 107 Å². The summed E-state index contributed by atoms with van der Waals surface area (Å²) in [5, 5.41) is 7.49. The maximum Gasteiger partial charge on any atom is 0.416 e. The molecule has 0 aromatic heterocycles. The quantitative estimate of drug-likeness (QED) is 0.378. The van der Waals surface area contributed by atoms with E-state index in [1.807, 2.05) is 53.5 Å². The van der Waals surface area contributed by atoms with Crippen molar-refractivity contribution in [2.24, 2.45) is 5.10 Å². The lowest BCUT2D eigenvalue weighted by molar-refractivity contribution is -0.137. The average molecular weight is 441 g/mol. The molecule has 3 aromatic rings. The highest BCUT2D eigenvalue weighted by Gasteiger charge is 2.31. The van der Waals surface area contributed by atoms with Crippen molar-refractivity contribution >= 4 is 17.3 Å². The lowest BCUT2D eigenvalue weighted by Crippen LogP contribution is -2.19. The first-order chi connectivity index (χ1) is 14.9. The number of benzene rings is 3. The minimum atomic E-state index is -4.36. The highest BCUT2D eigenvalue weighted by Crippen LogP contribution is 2.36. The van der Waals surface area contributed by atoms with E-state index in [0.717, 1.165) is 40.1 Å². The summed E-state index contributed by atoms with van der Waals surface area (Å²) in [5.41, 5.74) is 3.80. The molecule has 31 heavy (non-hydrogen) atoms. The predicted molar refractivity (Wildman–Crippen MR) is 119 cm³/mol. The second kappa shape index (κ2) is 8.60. The van der Waals surface area contributed by atoms with E-state index in [-0.39, 0.29) is 6.04 Å². The maximum absolute atomic E-state index is 13.0. The zero-order chi connectivity index (χ0) is 22.0. The molecule has 1 aliphatic rings. The van der Waals surface area contributed by atoms with Crippen LogP contribution in [0.25, 0.3) is 11.1 Å². The fraction of sp³-hybridized carbons (Fsp3) is 0.160. The molecule has 0 spiro atoms. The molecular formula is C25H20ClF3N2. The second-order valence-electron chi connectivity index (χ2n) is 7.35. The van der Waals surface area contributed by atoms with Crippen molar-refractivity contribution in [1.82, 2.24) is 5.01 Å². The number of alkyl halides is 3. The first-order valence-electron chi connectivity index (χ1n) is 9.84. The normalized spacial score (nSPS) is 16.3. The Morgan fingerprint density at radius 2 is 1.61 bits per heavy atom. The molecule has 1 aliphatic heterocycles. The molecule has 0 amide bonds. The van der Waals surface area contributed by atoms with Crippen molar-refractivity contribution in [3.63, 3.8) is 0 Å². The summed E-state index contributed by atoms with van der Waals surface area (Å²) in [7, 11) is 0. The van der Waals surface area contributed by atoms with Crippen LogP contribution in [-0.2, 0) is 6.18 Å². The molecule has 1 heterocycles. The Kier molecular flexibility index (Phi) is 5.88. The molecule has 0 aliphatic carbocycles. The minimum Gasteiger partial charge on any atom is -0.285 e. The van der Waals surface area contributed by atoms with Crippen LogP contribution in [-0.4, -0.2) is 17.3 Å². The number of hydrogen-bond acceptors (Lipinski definition) is 2. The van der Waals surface area contributed by atoms with Gasteiger partial charge < -0.3 is 0 Å². The van der Waals surface area contributed by atoms with Crippen LogP contribution in [0.1, 0.15) is 29.2 Å². The Morgan fingerprint density at radius 1 is 0.968 bits per heavy atom. The highest BCUT2D eigenvalue weighted by molar-refractivity contribution is 6.30. The summed E-state index contributed by atoms with van der Waals surface area (Å²) in [6, 6.07) is 20.6. The van der Waals surface area contributed by atoms with Gasteiger partial charge in [-0.3, -0.25) is 5.01 Å². The van der Waals surface area contributed by atoms with Crippen LogP contribution in [0.4, 0.5) is 13.2 Å². The Labute approximate surface area is 184 Å². The molecule has 0 saturated carbocycles. The van der Waals surface area contributed by atoms with Crippen LogP contribution in [0.2, 0.25) is 5.02 Å². The third-order valence-corrected chi connectivity index (χ3v) is 5.58. The van der Waals surface area contributed by atoms with Gasteiger partial charge in [0.25, 0.3) is 0 Å². The summed E-state index contributed by atoms with van der Waals surface area (Å²) in [6.45, 7) is 4.42. The van der Waals surface area contributed by atoms with Crippen molar-refractivity contribution in [2.75, 3.05) is 6.54 Å². The Hall–Kier alpha value is -3.05. The Morgan fingerprint density at radius 3 is 2.23 bits per heavy atom. The van der Waals surface area contributed by atoms with Crippen molar-refractivity contribution < 1.29 is 13.2 Å². The maximum atomic E-state index is 13.0. The molecule has 1 unspecified atom stereocenters. The molecule has 0 saturated heterocycles. The lowest BCUT2D eigenvalue weighted by Gasteiger charge is -2.22. The largest absolute Gasteiger partial charge is 0.416 e. The van der Waals surface area contributed by atoms with Crippen LogP contribution in [0, 0.1) is 0 Å². The number of hydrogen-bond donors (Lipinski definition) is 0. The SMILES string of the molecule is C=CCN1N=C(c2ccccc2-c2ccc(C(F)(F)F)cc2)CC1c1ccc(Cl)cc1. The smallest absolute Gasteiger partial charge is 0.285 e. The Bertz CT molecular complexity index is 1100. The molecule has 4 rings (SSSR count). The summed E-state index contributed by atoms with van der Waals surface area (Å²) in [4.78, 5) is 0. The molecule has 1 atom stereocenters. The summed E-state index contributed by atoms with van der Waals surface area (Å²) < 4.78 is 38.9. The number of halogens is 4. The van der Waals surface area contributed by atoms with E-state index in [1.165, 1.54) is 12.1 Å². The van der Waals surface area contributed by atoms with Crippen molar-refractivity contribution in [1.29, 1.82) is 0 Å². The topological polar surface area (TPSA) is 15.6 Å². The Balaban J connectivity index is 1.69. The van der Waals surface area contributed by atoms with Gasteiger partial charge in [-0.05, 0) is 41.0 Å². The summed E-state index contributed by atoms with van der Waals surface area (Å²) in [5.74, 6) is 0. The van der Waals surface area contributed by atoms with Gasteiger partial charge in [0.2, 0.25) is 0 Å². The zero-order valence-electron chi connectivity index (χ0n) is 16.6. The lowest BCUT2D eigenvalue weighted by atomic mass is 9.92. The fourth-order valence-electron chi connectivity index (χ4n) is 3.82. The summed E-state index contributed by atoms with van der Waals surface area (Å²) >= 11 is 6.04. The van der Waals surface area contributed by atoms with Crippen LogP contribution >= 0.6 is 11.6 Å². The molecule has 0 N–H and O–H groups in total. The van der Waals surface area contributed by atoms with Crippen molar-refractivity contribution in [2.45, 2.75) is 18.6 Å². The molecule has 2 nitrogen and oxygen atoms in total. The van der Waals surface area contributed by atoms with E-state index in [4.69, 9.17) is 16.7 Å².